The van der Waals surface area contributed by atoms with E-state index in [1.165, 1.54) is 6.92 Å². The molecule has 1 amide bonds. The molecule has 190 valence electrons. The summed E-state index contributed by atoms with van der Waals surface area (Å²) in [4.78, 5) is 29.8. The molecule has 0 spiro atoms. The fraction of sp³-hybridized carbons (Fsp3) is 0.333. The first kappa shape index (κ1) is 28.7. The lowest BCUT2D eigenvalue weighted by molar-refractivity contribution is -0.153. The number of hydrogen-bond donors (Lipinski definition) is 3. The number of alkyl halides is 3. The molecule has 0 aliphatic heterocycles. The van der Waals surface area contributed by atoms with Gasteiger partial charge in [-0.1, -0.05) is 0 Å². The van der Waals surface area contributed by atoms with E-state index in [1.807, 2.05) is 22.0 Å². The number of pyridine rings is 1. The number of carbonyl (C=O) groups excluding carboxylic acids is 2. The van der Waals surface area contributed by atoms with Gasteiger partial charge in [0.15, 0.2) is 6.61 Å². The van der Waals surface area contributed by atoms with Crippen molar-refractivity contribution in [2.45, 2.75) is 39.5 Å². The molecule has 14 heteroatoms. The third kappa shape index (κ3) is 7.72. The average molecular weight is 628 g/mol. The number of ether oxygens (including phenoxy) is 2. The predicted octanol–water partition coefficient (Wildman–Crippen LogP) is 6.40. The molecule has 1 aromatic carbocycles. The van der Waals surface area contributed by atoms with Crippen LogP contribution in [0.1, 0.15) is 48.0 Å². The summed E-state index contributed by atoms with van der Waals surface area (Å²) in [5, 5.41) is 12.8. The summed E-state index contributed by atoms with van der Waals surface area (Å²) >= 11 is 1.95. The first-order valence-corrected chi connectivity index (χ1v) is 14.0. The van der Waals surface area contributed by atoms with E-state index >= 15 is 0 Å². The normalized spacial score (nSPS) is 11.9. The molecule has 0 radical (unpaired) electrons. The van der Waals surface area contributed by atoms with Gasteiger partial charge in [-0.2, -0.15) is 13.2 Å². The monoisotopic (exact) mass is 628 g/mol. The van der Waals surface area contributed by atoms with Gasteiger partial charge in [0.2, 0.25) is 5.78 Å². The van der Waals surface area contributed by atoms with Gasteiger partial charge in [0.25, 0.3) is 0 Å². The average Bonchev–Trinajstić information content (AvgIpc) is 2.73. The molecule has 0 bridgehead atoms. The van der Waals surface area contributed by atoms with E-state index in [2.05, 4.69) is 15.4 Å². The molecular formula is C21H22F4IN4O4P. The zero-order valence-electron chi connectivity index (χ0n) is 19.0. The van der Waals surface area contributed by atoms with Crippen LogP contribution in [0.3, 0.4) is 0 Å². The molecule has 0 fully saturated rings. The van der Waals surface area contributed by atoms with Crippen LogP contribution >= 0.6 is 28.4 Å². The molecule has 3 N–H and O–H groups in total. The Bertz CT molecular complexity index is 1140. The summed E-state index contributed by atoms with van der Waals surface area (Å²) in [6, 6.07) is 2.19. The number of hydrogen-bond acceptors (Lipinski definition) is 7. The first-order valence-electron chi connectivity index (χ1n) is 9.87. The van der Waals surface area contributed by atoms with Crippen molar-refractivity contribution < 1.29 is 36.6 Å². The van der Waals surface area contributed by atoms with Gasteiger partial charge >= 0.3 is 12.3 Å². The third-order valence-corrected chi connectivity index (χ3v) is 5.43. The second-order valence-electron chi connectivity index (χ2n) is 8.08. The molecule has 0 aliphatic carbocycles. The van der Waals surface area contributed by atoms with E-state index in [0.29, 0.717) is 0 Å². The minimum Gasteiger partial charge on any atom is -0.482 e. The lowest BCUT2D eigenvalue weighted by Gasteiger charge is -2.22. The van der Waals surface area contributed by atoms with Crippen molar-refractivity contribution in [2.75, 3.05) is 17.0 Å². The van der Waals surface area contributed by atoms with Crippen LogP contribution in [0.15, 0.2) is 18.3 Å². The summed E-state index contributed by atoms with van der Waals surface area (Å²) in [6.45, 7) is 4.53. The molecule has 0 saturated carbocycles. The number of nitrogens with one attached hydrogen (secondary N) is 3. The Morgan fingerprint density at radius 1 is 1.23 bits per heavy atom. The number of ketones is 1. The molecule has 2 rings (SSSR count). The van der Waals surface area contributed by atoms with E-state index in [1.54, 1.807) is 20.8 Å². The van der Waals surface area contributed by atoms with Gasteiger partial charge in [0.1, 0.15) is 22.9 Å². The summed E-state index contributed by atoms with van der Waals surface area (Å²) in [6.07, 6.45) is -3.86. The number of anilines is 2. The van der Waals surface area contributed by atoms with Gasteiger partial charge in [0, 0.05) is 29.3 Å². The van der Waals surface area contributed by atoms with Crippen LogP contribution in [0.2, 0.25) is 0 Å². The second kappa shape index (κ2) is 11.5. The van der Waals surface area contributed by atoms with E-state index < -0.39 is 36.1 Å². The third-order valence-electron chi connectivity index (χ3n) is 4.28. The van der Waals surface area contributed by atoms with Crippen LogP contribution in [-0.2, 0) is 4.74 Å². The summed E-state index contributed by atoms with van der Waals surface area (Å²) in [5.74, 6) is -1.80. The summed E-state index contributed by atoms with van der Waals surface area (Å²) in [5.41, 5.74) is -1.75. The van der Waals surface area contributed by atoms with Gasteiger partial charge in [0.05, 0.1) is 17.6 Å². The van der Waals surface area contributed by atoms with Crippen LogP contribution in [0.25, 0.3) is 0 Å². The zero-order chi connectivity index (χ0) is 26.6. The number of nitrogens with zero attached hydrogens (tertiary/aromatic N) is 1. The maximum Gasteiger partial charge on any atom is 0.422 e. The van der Waals surface area contributed by atoms with Crippen LogP contribution in [0, 0.1) is 18.2 Å². The molecule has 0 saturated heterocycles. The first-order chi connectivity index (χ1) is 16.2. The Labute approximate surface area is 213 Å². The van der Waals surface area contributed by atoms with Gasteiger partial charge < -0.3 is 20.0 Å². The molecule has 1 unspecified atom stereocenters. The number of aromatic nitrogens is 1. The van der Waals surface area contributed by atoms with Crippen molar-refractivity contribution in [3.8, 4) is 5.75 Å². The Morgan fingerprint density at radius 3 is 2.43 bits per heavy atom. The highest BCUT2D eigenvalue weighted by Gasteiger charge is 2.30. The topological polar surface area (TPSA) is 113 Å². The van der Waals surface area contributed by atoms with Gasteiger partial charge in [-0.15, -0.1) is 0 Å². The molecular weight excluding hydrogens is 606 g/mol. The lowest BCUT2D eigenvalue weighted by atomic mass is 9.98. The van der Waals surface area contributed by atoms with E-state index in [0.717, 1.165) is 24.5 Å². The van der Waals surface area contributed by atoms with Crippen molar-refractivity contribution in [2.24, 2.45) is 0 Å². The van der Waals surface area contributed by atoms with Crippen LogP contribution in [-0.4, -0.2) is 41.5 Å². The maximum absolute atomic E-state index is 14.3. The summed E-state index contributed by atoms with van der Waals surface area (Å²) < 4.78 is 62.3. The van der Waals surface area contributed by atoms with E-state index in [9.17, 15) is 27.2 Å². The van der Waals surface area contributed by atoms with Gasteiger partial charge in [-0.3, -0.25) is 10.1 Å². The van der Waals surface area contributed by atoms with Gasteiger partial charge in [-0.25, -0.2) is 14.2 Å². The molecule has 2 aromatic rings. The summed E-state index contributed by atoms with van der Waals surface area (Å²) in [7, 11) is 0. The number of amides is 1. The van der Waals surface area contributed by atoms with Crippen molar-refractivity contribution in [1.82, 2.24) is 4.98 Å². The predicted molar refractivity (Wildman–Crippen MR) is 134 cm³/mol. The Hall–Kier alpha value is -2.54. The quantitative estimate of drug-likeness (QED) is 0.103. The Balaban J connectivity index is 2.63. The fourth-order valence-electron chi connectivity index (χ4n) is 2.86. The molecule has 0 aliphatic rings. The number of halogens is 5. The molecule has 1 heterocycles. The van der Waals surface area contributed by atoms with E-state index in [-0.39, 0.29) is 45.9 Å². The minimum absolute atomic E-state index is 0.0101. The Kier molecular flexibility index (Phi) is 9.40. The molecule has 1 atom stereocenters. The SMILES string of the molecule is Cc1c(OCC(F)(F)F)cnc(C(=O)c2ccc(F)c(NPI)c2C=N)c1NC(=O)OC(C)(C)C. The van der Waals surface area contributed by atoms with Crippen molar-refractivity contribution in [1.29, 1.82) is 5.41 Å². The van der Waals surface area contributed by atoms with Crippen molar-refractivity contribution in [3.63, 3.8) is 0 Å². The standard InChI is InChI=1S/C21H22F4IN4O4P/c1-10-14(33-9-21(23,24)25)8-28-17(15(10)29-19(32)34-20(2,3)4)18(31)11-5-6-13(22)16(30-35-26)12(11)7-27/h5-8,27,30,35H,9H2,1-4H3,(H,29,32). The molecule has 35 heavy (non-hydrogen) atoms. The van der Waals surface area contributed by atoms with Crippen molar-refractivity contribution >= 4 is 57.9 Å². The van der Waals surface area contributed by atoms with Gasteiger partial charge in [-0.05, 0) is 61.9 Å². The minimum atomic E-state index is -4.63. The number of benzene rings is 1. The second-order valence-corrected chi connectivity index (χ2v) is 10.1. The number of carbonyl (C=O) groups is 2. The molecule has 1 aromatic heterocycles. The smallest absolute Gasteiger partial charge is 0.422 e. The zero-order valence-corrected chi connectivity index (χ0v) is 22.1. The van der Waals surface area contributed by atoms with Crippen LogP contribution < -0.4 is 15.1 Å². The highest BCUT2D eigenvalue weighted by Crippen LogP contribution is 2.34. The lowest BCUT2D eigenvalue weighted by Crippen LogP contribution is -2.28. The largest absolute Gasteiger partial charge is 0.482 e. The van der Waals surface area contributed by atoms with Crippen molar-refractivity contribution in [3.05, 3.63) is 46.5 Å². The van der Waals surface area contributed by atoms with Crippen LogP contribution in [0.4, 0.5) is 33.7 Å². The maximum atomic E-state index is 14.3. The highest BCUT2D eigenvalue weighted by molar-refractivity contribution is 14.2. The fourth-order valence-corrected chi connectivity index (χ4v) is 4.02. The van der Waals surface area contributed by atoms with Crippen LogP contribution in [0.5, 0.6) is 5.75 Å². The molecule has 8 nitrogen and oxygen atoms in total. The number of rotatable bonds is 8. The highest BCUT2D eigenvalue weighted by atomic mass is 127. The van der Waals surface area contributed by atoms with E-state index in [4.69, 9.17) is 14.9 Å². The Morgan fingerprint density at radius 2 is 1.89 bits per heavy atom.